The van der Waals surface area contributed by atoms with Crippen LogP contribution in [0.3, 0.4) is 0 Å². The predicted octanol–water partition coefficient (Wildman–Crippen LogP) is 9.76. The van der Waals surface area contributed by atoms with E-state index in [1.54, 1.807) is 0 Å². The third-order valence-corrected chi connectivity index (χ3v) is 11.0. The highest BCUT2D eigenvalue weighted by Crippen LogP contribution is 2.38. The zero-order valence-corrected chi connectivity index (χ0v) is 35.0. The van der Waals surface area contributed by atoms with E-state index in [2.05, 4.69) is 118 Å². The zero-order valence-electron chi connectivity index (χ0n) is 35.0. The highest BCUT2D eigenvalue weighted by molar-refractivity contribution is 6.00. The average molecular weight is 847 g/mol. The Morgan fingerprint density at radius 3 is 1.23 bits per heavy atom. The van der Waals surface area contributed by atoms with Gasteiger partial charge >= 0.3 is 5.97 Å². The Bertz CT molecular complexity index is 2980. The van der Waals surface area contributed by atoms with Crippen LogP contribution >= 0.6 is 0 Å². The summed E-state index contributed by atoms with van der Waals surface area (Å²) < 4.78 is 11.1. The fourth-order valence-electron chi connectivity index (χ4n) is 8.02. The number of amides is 1. The van der Waals surface area contributed by atoms with Gasteiger partial charge in [0.1, 0.15) is 0 Å². The van der Waals surface area contributed by atoms with Crippen molar-refractivity contribution in [3.8, 4) is 44.5 Å². The van der Waals surface area contributed by atoms with E-state index in [9.17, 15) is 9.59 Å². The molecule has 0 atom stereocenters. The lowest BCUT2D eigenvalue weighted by Crippen LogP contribution is -2.28. The first-order valence-electron chi connectivity index (χ1n) is 21.3. The minimum Gasteiger partial charge on any atom is -0.480 e. The molecule has 4 aromatic carbocycles. The number of aromatic amines is 2. The molecular weight excluding hydrogens is 801 g/mol. The van der Waals surface area contributed by atoms with Crippen molar-refractivity contribution in [2.24, 2.45) is 0 Å². The number of hydrogen-bond acceptors (Lipinski definition) is 7. The second kappa shape index (κ2) is 19.6. The number of carboxylic acids is 1. The number of nitrogens with zero attached hydrogens (tertiary/aromatic N) is 2. The molecule has 0 saturated carbocycles. The molecule has 2 aliphatic rings. The molecule has 1 amide bonds. The number of hydrogen-bond donors (Lipinski definition) is 5. The highest BCUT2D eigenvalue weighted by Gasteiger charge is 2.19. The first-order valence-corrected chi connectivity index (χ1v) is 21.3. The smallest absolute Gasteiger partial charge is 0.317 e. The first kappa shape index (κ1) is 41.6. The molecule has 64 heavy (non-hydrogen) atoms. The van der Waals surface area contributed by atoms with Crippen molar-refractivity contribution in [3.63, 3.8) is 0 Å². The number of carbonyl (C=O) groups is 2. The Balaban J connectivity index is 1.12. The molecule has 5 heterocycles. The SMILES string of the molecule is O=C(O)CNCCOCCOCCNC(=O)c1ccc(-c2c3nc(c(-c4ccccc4)c4ccc([nH]4)c(-c4ccccc4)c4nc(c(-c5ccccc5)c5ccc2[nH]5)C=C4)C=C3)cc1. The zero-order chi connectivity index (χ0) is 43.7. The van der Waals surface area contributed by atoms with E-state index >= 15 is 0 Å². The number of rotatable bonds is 16. The molecule has 11 heteroatoms. The Labute approximate surface area is 370 Å². The van der Waals surface area contributed by atoms with Gasteiger partial charge in [0.25, 0.3) is 5.91 Å². The molecule has 9 rings (SSSR count). The van der Waals surface area contributed by atoms with Crippen LogP contribution in [-0.2, 0) is 14.3 Å². The van der Waals surface area contributed by atoms with E-state index in [0.717, 1.165) is 89.4 Å². The molecular formula is C53H46N6O5. The Hall–Kier alpha value is -7.70. The molecule has 8 bridgehead atoms. The summed E-state index contributed by atoms with van der Waals surface area (Å²) in [5, 5.41) is 14.4. The van der Waals surface area contributed by atoms with Crippen LogP contribution in [0.15, 0.2) is 140 Å². The Morgan fingerprint density at radius 2 is 0.844 bits per heavy atom. The second-order valence-electron chi connectivity index (χ2n) is 15.2. The lowest BCUT2D eigenvalue weighted by molar-refractivity contribution is -0.136. The largest absolute Gasteiger partial charge is 0.480 e. The fourth-order valence-corrected chi connectivity index (χ4v) is 8.02. The lowest BCUT2D eigenvalue weighted by Gasteiger charge is -2.09. The lowest BCUT2D eigenvalue weighted by atomic mass is 10.0. The Kier molecular flexibility index (Phi) is 12.7. The van der Waals surface area contributed by atoms with E-state index in [0.29, 0.717) is 45.1 Å². The monoisotopic (exact) mass is 846 g/mol. The van der Waals surface area contributed by atoms with Crippen LogP contribution in [0.2, 0.25) is 0 Å². The van der Waals surface area contributed by atoms with Gasteiger partial charge in [-0.2, -0.15) is 0 Å². The standard InChI is InChI=1S/C53H46N6O5/c60-48(61)34-54-28-30-63-32-33-64-31-29-55-53(62)39-18-16-38(17-19-39)52-46-26-24-44(58-46)50(36-12-6-2-7-13-36)42-22-20-40(56-42)49(35-10-4-1-5-11-35)41-21-23-43(57-41)51(37-14-8-3-9-15-37)45-25-27-47(52)59-45/h1-27,54,56,59H,28-34H2,(H,55,62)(H,60,61). The molecule has 2 aliphatic heterocycles. The molecule has 0 unspecified atom stereocenters. The summed E-state index contributed by atoms with van der Waals surface area (Å²) in [6.07, 6.45) is 8.33. The second-order valence-corrected chi connectivity index (χ2v) is 15.2. The van der Waals surface area contributed by atoms with Gasteiger partial charge in [-0.1, -0.05) is 103 Å². The van der Waals surface area contributed by atoms with Crippen molar-refractivity contribution < 1.29 is 24.2 Å². The van der Waals surface area contributed by atoms with Gasteiger partial charge in [0.05, 0.1) is 55.7 Å². The number of ether oxygens (including phenoxy) is 2. The van der Waals surface area contributed by atoms with Gasteiger partial charge in [0.2, 0.25) is 0 Å². The predicted molar refractivity (Wildman–Crippen MR) is 255 cm³/mol. The number of H-pyrrole nitrogens is 2. The molecule has 7 aromatic rings. The van der Waals surface area contributed by atoms with Gasteiger partial charge in [-0.05, 0) is 83.0 Å². The van der Waals surface area contributed by atoms with Crippen LogP contribution in [0.4, 0.5) is 0 Å². The summed E-state index contributed by atoms with van der Waals surface area (Å²) in [4.78, 5) is 42.1. The van der Waals surface area contributed by atoms with E-state index < -0.39 is 5.97 Å². The number of benzene rings is 4. The Morgan fingerprint density at radius 1 is 0.469 bits per heavy atom. The van der Waals surface area contributed by atoms with E-state index in [1.165, 1.54) is 0 Å². The summed E-state index contributed by atoms with van der Waals surface area (Å²) >= 11 is 0. The molecule has 0 radical (unpaired) electrons. The number of aromatic nitrogens is 4. The summed E-state index contributed by atoms with van der Waals surface area (Å²) in [6.45, 7) is 2.10. The van der Waals surface area contributed by atoms with Crippen LogP contribution in [0, 0.1) is 0 Å². The summed E-state index contributed by atoms with van der Waals surface area (Å²) in [5.74, 6) is -1.12. The quantitative estimate of drug-likeness (QED) is 0.0603. The van der Waals surface area contributed by atoms with Crippen molar-refractivity contribution in [1.82, 2.24) is 30.6 Å². The maximum absolute atomic E-state index is 13.2. The summed E-state index contributed by atoms with van der Waals surface area (Å²) in [5.41, 5.74) is 15.2. The maximum atomic E-state index is 13.2. The number of nitrogens with one attached hydrogen (secondary N) is 4. The van der Waals surface area contributed by atoms with E-state index in [4.69, 9.17) is 24.5 Å². The number of carboxylic acid groups (broad SMARTS) is 1. The minimum atomic E-state index is -0.909. The maximum Gasteiger partial charge on any atom is 0.317 e. The van der Waals surface area contributed by atoms with Crippen molar-refractivity contribution in [2.75, 3.05) is 46.1 Å². The molecule has 0 fully saturated rings. The van der Waals surface area contributed by atoms with Crippen LogP contribution in [0.5, 0.6) is 0 Å². The molecule has 11 nitrogen and oxygen atoms in total. The number of carbonyl (C=O) groups excluding carboxylic acids is 1. The minimum absolute atomic E-state index is 0.105. The van der Waals surface area contributed by atoms with Crippen molar-refractivity contribution in [3.05, 3.63) is 168 Å². The van der Waals surface area contributed by atoms with Crippen molar-refractivity contribution >= 4 is 58.2 Å². The van der Waals surface area contributed by atoms with Gasteiger partial charge in [0, 0.05) is 63.0 Å². The molecule has 0 saturated heterocycles. The highest BCUT2D eigenvalue weighted by atomic mass is 16.5. The van der Waals surface area contributed by atoms with Crippen LogP contribution in [0.25, 0.3) is 90.9 Å². The number of fused-ring (bicyclic) bond motifs is 8. The third-order valence-electron chi connectivity index (χ3n) is 11.0. The molecule has 5 N–H and O–H groups in total. The van der Waals surface area contributed by atoms with E-state index in [-0.39, 0.29) is 12.5 Å². The topological polar surface area (TPSA) is 154 Å². The van der Waals surface area contributed by atoms with Crippen LogP contribution in [-0.4, -0.2) is 83.0 Å². The van der Waals surface area contributed by atoms with Gasteiger partial charge in [0.15, 0.2) is 0 Å². The third kappa shape index (κ3) is 9.37. The van der Waals surface area contributed by atoms with Crippen LogP contribution < -0.4 is 10.6 Å². The molecule has 3 aromatic heterocycles. The van der Waals surface area contributed by atoms with Gasteiger partial charge in [-0.3, -0.25) is 9.59 Å². The van der Waals surface area contributed by atoms with Gasteiger partial charge < -0.3 is 35.2 Å². The fraction of sp³-hybridized carbons (Fsp3) is 0.132. The molecule has 0 spiro atoms. The van der Waals surface area contributed by atoms with Gasteiger partial charge in [-0.25, -0.2) is 9.97 Å². The molecule has 0 aliphatic carbocycles. The van der Waals surface area contributed by atoms with Crippen molar-refractivity contribution in [1.29, 1.82) is 0 Å². The van der Waals surface area contributed by atoms with Gasteiger partial charge in [-0.15, -0.1) is 0 Å². The van der Waals surface area contributed by atoms with E-state index in [1.807, 2.05) is 66.7 Å². The number of aliphatic carboxylic acids is 1. The molecule has 318 valence electrons. The summed E-state index contributed by atoms with van der Waals surface area (Å²) in [7, 11) is 0. The average Bonchev–Trinajstić information content (AvgIpc) is 4.18. The summed E-state index contributed by atoms with van der Waals surface area (Å²) in [6, 6.07) is 47.0. The van der Waals surface area contributed by atoms with Crippen LogP contribution in [0.1, 0.15) is 33.1 Å². The van der Waals surface area contributed by atoms with Crippen molar-refractivity contribution in [2.45, 2.75) is 0 Å². The normalized spacial score (nSPS) is 11.8. The first-order chi connectivity index (χ1) is 31.5.